The molecule has 7 rings (SSSR count). The summed E-state index contributed by atoms with van der Waals surface area (Å²) in [5, 5.41) is 15.2. The number of imide groups is 1. The molecule has 4 amide bonds. The molecule has 0 radical (unpaired) electrons. The molecule has 2 saturated heterocycles. The van der Waals surface area contributed by atoms with Crippen molar-refractivity contribution in [3.05, 3.63) is 71.7 Å². The van der Waals surface area contributed by atoms with Crippen LogP contribution in [0.4, 0.5) is 15.4 Å². The molecule has 0 unspecified atom stereocenters. The van der Waals surface area contributed by atoms with Crippen molar-refractivity contribution in [1.29, 1.82) is 0 Å². The molecule has 1 atom stereocenters. The van der Waals surface area contributed by atoms with Gasteiger partial charge in [-0.2, -0.15) is 10.2 Å². The molecule has 53 heavy (non-hydrogen) atoms. The number of rotatable bonds is 10. The molecule has 0 spiro atoms. The van der Waals surface area contributed by atoms with Gasteiger partial charge < -0.3 is 19.7 Å². The third-order valence-electron chi connectivity index (χ3n) is 9.85. The molecule has 2 aliphatic rings. The van der Waals surface area contributed by atoms with Gasteiger partial charge in [0.05, 0.1) is 29.5 Å². The number of carbonyl (C=O) groups excluding carboxylic acids is 3. The molecule has 278 valence electrons. The first-order valence-electron chi connectivity index (χ1n) is 18.2. The summed E-state index contributed by atoms with van der Waals surface area (Å²) in [7, 11) is 1.89. The normalized spacial score (nSPS) is 17.0. The van der Waals surface area contributed by atoms with Gasteiger partial charge in [-0.3, -0.25) is 19.7 Å². The summed E-state index contributed by atoms with van der Waals surface area (Å²) in [5.41, 5.74) is 6.34. The second-order valence-corrected chi connectivity index (χ2v) is 14.9. The zero-order chi connectivity index (χ0) is 37.3. The Morgan fingerprint density at radius 1 is 1.08 bits per heavy atom. The molecule has 2 N–H and O–H groups in total. The summed E-state index contributed by atoms with van der Waals surface area (Å²) in [6.45, 7) is 11.8. The maximum Gasteiger partial charge on any atom is 0.407 e. The topological polar surface area (TPSA) is 148 Å². The predicted octanol–water partition coefficient (Wildman–Crippen LogP) is 5.71. The zero-order valence-electron chi connectivity index (χ0n) is 31.0. The van der Waals surface area contributed by atoms with Crippen molar-refractivity contribution in [3.8, 4) is 17.0 Å². The smallest absolute Gasteiger partial charge is 0.407 e. The van der Waals surface area contributed by atoms with E-state index in [2.05, 4.69) is 55.0 Å². The third kappa shape index (κ3) is 8.12. The zero-order valence-corrected chi connectivity index (χ0v) is 31.0. The number of aromatic nitrogens is 5. The number of aryl methyl sites for hydroxylation is 2. The number of alkyl carbamates (subject to hydrolysis) is 1. The van der Waals surface area contributed by atoms with Crippen LogP contribution < -0.4 is 20.3 Å². The molecule has 3 aromatic heterocycles. The maximum atomic E-state index is 12.5. The quantitative estimate of drug-likeness (QED) is 0.173. The van der Waals surface area contributed by atoms with Crippen LogP contribution in [0.15, 0.2) is 55.0 Å². The molecular formula is C39H47N9O5. The third-order valence-corrected chi connectivity index (χ3v) is 9.85. The van der Waals surface area contributed by atoms with E-state index in [0.29, 0.717) is 31.4 Å². The number of anilines is 1. The Kier molecular flexibility index (Phi) is 10.1. The first-order chi connectivity index (χ1) is 25.4. The molecule has 14 heteroatoms. The van der Waals surface area contributed by atoms with E-state index < -0.39 is 17.7 Å². The highest BCUT2D eigenvalue weighted by Gasteiger charge is 2.29. The van der Waals surface area contributed by atoms with E-state index in [9.17, 15) is 14.4 Å². The van der Waals surface area contributed by atoms with Gasteiger partial charge in [-0.1, -0.05) is 18.2 Å². The monoisotopic (exact) mass is 721 g/mol. The highest BCUT2D eigenvalue weighted by molar-refractivity contribution is 6.08. The molecule has 2 aliphatic heterocycles. The van der Waals surface area contributed by atoms with Crippen molar-refractivity contribution < 1.29 is 23.9 Å². The van der Waals surface area contributed by atoms with Crippen LogP contribution in [0.5, 0.6) is 5.75 Å². The second kappa shape index (κ2) is 14.9. The maximum absolute atomic E-state index is 12.5. The van der Waals surface area contributed by atoms with Gasteiger partial charge in [0.25, 0.3) is 0 Å². The van der Waals surface area contributed by atoms with Crippen molar-refractivity contribution >= 4 is 40.3 Å². The lowest BCUT2D eigenvalue weighted by Gasteiger charge is -2.33. The van der Waals surface area contributed by atoms with Crippen LogP contribution in [0.3, 0.4) is 0 Å². The first kappa shape index (κ1) is 35.9. The van der Waals surface area contributed by atoms with Crippen LogP contribution in [0.25, 0.3) is 27.7 Å². The Balaban J connectivity index is 0.936. The average molecular weight is 722 g/mol. The number of nitrogens with one attached hydrogen (secondary N) is 2. The van der Waals surface area contributed by atoms with Crippen LogP contribution in [-0.4, -0.2) is 85.7 Å². The molecule has 2 aromatic carbocycles. The van der Waals surface area contributed by atoms with Crippen molar-refractivity contribution in [2.24, 2.45) is 7.05 Å². The Morgan fingerprint density at radius 3 is 2.72 bits per heavy atom. The molecule has 5 heterocycles. The van der Waals surface area contributed by atoms with Crippen molar-refractivity contribution in [2.75, 3.05) is 37.7 Å². The number of benzene rings is 2. The van der Waals surface area contributed by atoms with Crippen molar-refractivity contribution in [2.45, 2.75) is 71.4 Å². The summed E-state index contributed by atoms with van der Waals surface area (Å²) >= 11 is 0. The van der Waals surface area contributed by atoms with E-state index >= 15 is 0 Å². The minimum Gasteiger partial charge on any atom is -0.492 e. The molecule has 0 aliphatic carbocycles. The fourth-order valence-electron chi connectivity index (χ4n) is 7.21. The van der Waals surface area contributed by atoms with Crippen LogP contribution >= 0.6 is 0 Å². The summed E-state index contributed by atoms with van der Waals surface area (Å²) in [4.78, 5) is 44.9. The van der Waals surface area contributed by atoms with Gasteiger partial charge in [0.15, 0.2) is 5.82 Å². The summed E-state index contributed by atoms with van der Waals surface area (Å²) in [6.07, 6.45) is 6.38. The molecule has 2 fully saturated rings. The fraction of sp³-hybridized carbons (Fsp3) is 0.436. The van der Waals surface area contributed by atoms with Crippen LogP contribution in [0, 0.1) is 6.92 Å². The van der Waals surface area contributed by atoms with Gasteiger partial charge in [0.1, 0.15) is 17.7 Å². The van der Waals surface area contributed by atoms with E-state index in [0.717, 1.165) is 83.5 Å². The number of fused-ring (bicyclic) bond motifs is 2. The second-order valence-electron chi connectivity index (χ2n) is 14.9. The number of hydrogen-bond acceptors (Lipinski definition) is 9. The Hall–Kier alpha value is -5.50. The van der Waals surface area contributed by atoms with Crippen LogP contribution in [0.1, 0.15) is 69.1 Å². The number of hydrogen-bond donors (Lipinski definition) is 2. The van der Waals surface area contributed by atoms with Gasteiger partial charge in [-0.25, -0.2) is 19.1 Å². The average Bonchev–Trinajstić information content (AvgIpc) is 3.69. The number of urea groups is 1. The van der Waals surface area contributed by atoms with E-state index in [-0.39, 0.29) is 12.3 Å². The Morgan fingerprint density at radius 2 is 1.92 bits per heavy atom. The van der Waals surface area contributed by atoms with Crippen molar-refractivity contribution in [1.82, 2.24) is 39.9 Å². The molecule has 5 aromatic rings. The highest BCUT2D eigenvalue weighted by atomic mass is 16.6. The van der Waals surface area contributed by atoms with Gasteiger partial charge in [-0.15, -0.1) is 0 Å². The molecule has 14 nitrogen and oxygen atoms in total. The van der Waals surface area contributed by atoms with Gasteiger partial charge in [-0.05, 0) is 94.3 Å². The number of carbonyl (C=O) groups is 3. The Bertz CT molecular complexity index is 2170. The van der Waals surface area contributed by atoms with Gasteiger partial charge in [0, 0.05) is 56.7 Å². The fourth-order valence-corrected chi connectivity index (χ4v) is 7.21. The summed E-state index contributed by atoms with van der Waals surface area (Å²) in [6, 6.07) is 14.1. The number of nitrogens with zero attached hydrogens (tertiary/aromatic N) is 7. The van der Waals surface area contributed by atoms with E-state index in [1.165, 1.54) is 5.56 Å². The van der Waals surface area contributed by atoms with Crippen LogP contribution in [-0.2, 0) is 23.1 Å². The van der Waals surface area contributed by atoms with E-state index in [1.54, 1.807) is 15.7 Å². The molecular weight excluding hydrogens is 674 g/mol. The van der Waals surface area contributed by atoms with Crippen molar-refractivity contribution in [3.63, 3.8) is 0 Å². The minimum absolute atomic E-state index is 0.257. The van der Waals surface area contributed by atoms with Gasteiger partial charge >= 0.3 is 12.1 Å². The van der Waals surface area contributed by atoms with E-state index in [1.807, 2.05) is 63.8 Å². The summed E-state index contributed by atoms with van der Waals surface area (Å²) < 4.78 is 15.2. The first-order valence-corrected chi connectivity index (χ1v) is 18.2. The van der Waals surface area contributed by atoms with Crippen LogP contribution in [0.2, 0.25) is 0 Å². The molecule has 0 saturated carbocycles. The lowest BCUT2D eigenvalue weighted by Crippen LogP contribution is -2.49. The lowest BCUT2D eigenvalue weighted by molar-refractivity contribution is -0.120. The number of piperidine rings is 1. The largest absolute Gasteiger partial charge is 0.492 e. The minimum atomic E-state index is -0.550. The SMILES string of the molecule is Cc1cc(-c2ncnn3cc(OCCCN4CCC[C@@H](c5ccc6c(N7CCC(=O)NC7=O)nn(C)c6c5)C4)cc23)ccc1CNC(=O)OC(C)(C)C. The number of likely N-dealkylation sites (tertiary alicyclic amines) is 1. The lowest BCUT2D eigenvalue weighted by atomic mass is 9.90. The highest BCUT2D eigenvalue weighted by Crippen LogP contribution is 2.33. The molecule has 0 bridgehead atoms. The number of ether oxygens (including phenoxy) is 2. The standard InChI is InChI=1S/C39H47N9O5/c1-25-18-27(9-10-28(25)21-40-38(51)53-39(2,3)4)35-33-20-30(23-48(33)42-24-41-35)52-17-7-15-46-14-6-8-29(22-46)26-11-12-31-32(19-26)45(5)44-36(31)47-16-13-34(49)43-37(47)50/h9-12,18-20,23-24,29H,6-8,13-17,21-22H2,1-5H3,(H,40,51)(H,43,49,50)/t29-/m1/s1. The summed E-state index contributed by atoms with van der Waals surface area (Å²) in [5.74, 6) is 1.47. The van der Waals surface area contributed by atoms with Gasteiger partial charge in [0.2, 0.25) is 5.91 Å². The predicted molar refractivity (Wildman–Crippen MR) is 201 cm³/mol. The number of amides is 4. The van der Waals surface area contributed by atoms with E-state index in [4.69, 9.17) is 9.47 Å². The Labute approximate surface area is 308 Å².